The molecule has 3 aliphatic rings. The van der Waals surface area contributed by atoms with E-state index in [0.29, 0.717) is 0 Å². The molecule has 3 heterocycles. The molecule has 3 nitrogen and oxygen atoms in total. The lowest BCUT2D eigenvalue weighted by molar-refractivity contribution is 0.464. The van der Waals surface area contributed by atoms with Crippen LogP contribution in [0.5, 0.6) is 23.0 Å². The highest BCUT2D eigenvalue weighted by molar-refractivity contribution is 6.98. The summed E-state index contributed by atoms with van der Waals surface area (Å²) < 4.78 is 12.8. The van der Waals surface area contributed by atoms with Crippen molar-refractivity contribution in [3.63, 3.8) is 0 Å². The van der Waals surface area contributed by atoms with Crippen LogP contribution in [0, 0.1) is 0 Å². The Hall–Kier alpha value is -5.22. The van der Waals surface area contributed by atoms with Crippen LogP contribution in [0.1, 0.15) is 11.1 Å². The van der Waals surface area contributed by atoms with Gasteiger partial charge in [-0.25, -0.2) is 0 Å². The normalized spacial score (nSPS) is 13.6. The van der Waals surface area contributed by atoms with E-state index in [-0.39, 0.29) is 6.71 Å². The minimum Gasteiger partial charge on any atom is -0.458 e. The molecule has 4 heteroatoms. The Morgan fingerprint density at radius 3 is 2.10 bits per heavy atom. The van der Waals surface area contributed by atoms with E-state index < -0.39 is 0 Å². The topological polar surface area (TPSA) is 21.7 Å². The Balaban J connectivity index is 1.24. The van der Waals surface area contributed by atoms with E-state index in [4.69, 9.17) is 9.47 Å². The van der Waals surface area contributed by atoms with Crippen LogP contribution in [0.25, 0.3) is 11.1 Å². The average molecular weight is 525 g/mol. The number of benzene rings is 6. The smallest absolute Gasteiger partial charge is 0.260 e. The van der Waals surface area contributed by atoms with Crippen LogP contribution in [-0.2, 0) is 6.42 Å². The second-order valence-corrected chi connectivity index (χ2v) is 10.9. The van der Waals surface area contributed by atoms with Crippen molar-refractivity contribution < 1.29 is 9.47 Å². The van der Waals surface area contributed by atoms with Gasteiger partial charge < -0.3 is 14.4 Å². The fourth-order valence-corrected chi connectivity index (χ4v) is 6.84. The van der Waals surface area contributed by atoms with Gasteiger partial charge in [0.25, 0.3) is 6.71 Å². The van der Waals surface area contributed by atoms with Gasteiger partial charge in [-0.15, -0.1) is 0 Å². The number of hydrogen-bond donors (Lipinski definition) is 0. The molecule has 0 unspecified atom stereocenters. The molecule has 6 aromatic carbocycles. The predicted molar refractivity (Wildman–Crippen MR) is 167 cm³/mol. The Morgan fingerprint density at radius 2 is 1.22 bits per heavy atom. The molecule has 0 radical (unpaired) electrons. The predicted octanol–water partition coefficient (Wildman–Crippen LogP) is 7.46. The lowest BCUT2D eigenvalue weighted by Crippen LogP contribution is -2.57. The maximum absolute atomic E-state index is 6.48. The monoisotopic (exact) mass is 525 g/mol. The maximum atomic E-state index is 6.48. The van der Waals surface area contributed by atoms with Crippen molar-refractivity contribution in [2.45, 2.75) is 6.42 Å². The summed E-state index contributed by atoms with van der Waals surface area (Å²) >= 11 is 0. The van der Waals surface area contributed by atoms with Crippen molar-refractivity contribution in [3.05, 3.63) is 145 Å². The molecule has 0 aliphatic carbocycles. The van der Waals surface area contributed by atoms with Gasteiger partial charge in [-0.05, 0) is 81.7 Å². The first-order valence-corrected chi connectivity index (χ1v) is 14.1. The van der Waals surface area contributed by atoms with E-state index in [9.17, 15) is 0 Å². The van der Waals surface area contributed by atoms with E-state index >= 15 is 0 Å². The molecule has 0 amide bonds. The third-order valence-corrected chi connectivity index (χ3v) is 8.62. The molecule has 6 aromatic rings. The first-order chi connectivity index (χ1) is 20.3. The van der Waals surface area contributed by atoms with E-state index in [1.807, 2.05) is 24.3 Å². The molecule has 3 aliphatic heterocycles. The standard InChI is InChI=1S/C37H24BNO2/c1-2-11-26(12-3-1)39-31-15-6-4-10-25(31)22-28-27(13-8-16-32(28)39)24-20-21-34-30(23-24)38-29-14-5-7-17-33(29)40-35-18-9-19-36(41-34)37(35)38/h1-21,23H,22H2. The molecule has 9 rings (SSSR count). The van der Waals surface area contributed by atoms with Crippen molar-refractivity contribution in [2.24, 2.45) is 0 Å². The van der Waals surface area contributed by atoms with Gasteiger partial charge in [0.2, 0.25) is 0 Å². The van der Waals surface area contributed by atoms with Gasteiger partial charge in [0.15, 0.2) is 0 Å². The summed E-state index contributed by atoms with van der Waals surface area (Å²) in [4.78, 5) is 2.40. The molecular formula is C37H24BNO2. The van der Waals surface area contributed by atoms with Crippen LogP contribution in [0.15, 0.2) is 133 Å². The van der Waals surface area contributed by atoms with Gasteiger partial charge in [0.1, 0.15) is 23.0 Å². The SMILES string of the molecule is c1ccc(N2c3ccccc3Cc3c(-c4ccc5c(c4)B4c6ccccc6Oc6cccc(c64)O5)cccc32)cc1. The van der Waals surface area contributed by atoms with Crippen molar-refractivity contribution in [1.82, 2.24) is 0 Å². The van der Waals surface area contributed by atoms with Gasteiger partial charge in [0, 0.05) is 23.3 Å². The van der Waals surface area contributed by atoms with Gasteiger partial charge in [-0.2, -0.15) is 0 Å². The minimum absolute atomic E-state index is 0.0518. The van der Waals surface area contributed by atoms with Crippen LogP contribution >= 0.6 is 0 Å². The number of para-hydroxylation sites is 3. The summed E-state index contributed by atoms with van der Waals surface area (Å²) in [6.07, 6.45) is 0.881. The summed E-state index contributed by atoms with van der Waals surface area (Å²) in [6.45, 7) is 0.0518. The lowest BCUT2D eigenvalue weighted by Gasteiger charge is -2.35. The molecule has 0 atom stereocenters. The van der Waals surface area contributed by atoms with Gasteiger partial charge in [-0.3, -0.25) is 0 Å². The van der Waals surface area contributed by atoms with Crippen molar-refractivity contribution in [1.29, 1.82) is 0 Å². The highest BCUT2D eigenvalue weighted by Gasteiger charge is 2.40. The zero-order valence-electron chi connectivity index (χ0n) is 22.2. The highest BCUT2D eigenvalue weighted by atomic mass is 16.5. The Bertz CT molecular complexity index is 1990. The fourth-order valence-electron chi connectivity index (χ4n) is 6.84. The molecule has 0 saturated carbocycles. The van der Waals surface area contributed by atoms with Crippen LogP contribution in [0.2, 0.25) is 0 Å². The third-order valence-electron chi connectivity index (χ3n) is 8.62. The molecule has 0 fully saturated rings. The number of nitrogens with zero attached hydrogens (tertiary/aromatic N) is 1. The third kappa shape index (κ3) is 3.34. The van der Waals surface area contributed by atoms with Crippen LogP contribution in [-0.4, -0.2) is 6.71 Å². The number of rotatable bonds is 2. The second kappa shape index (κ2) is 8.64. The molecular weight excluding hydrogens is 501 g/mol. The molecule has 0 spiro atoms. The van der Waals surface area contributed by atoms with Crippen LogP contribution in [0.3, 0.4) is 0 Å². The molecule has 0 aromatic heterocycles. The Labute approximate surface area is 239 Å². The van der Waals surface area contributed by atoms with Crippen LogP contribution in [0.4, 0.5) is 17.1 Å². The molecule has 41 heavy (non-hydrogen) atoms. The quantitative estimate of drug-likeness (QED) is 0.219. The van der Waals surface area contributed by atoms with E-state index in [0.717, 1.165) is 34.9 Å². The molecule has 0 bridgehead atoms. The maximum Gasteiger partial charge on any atom is 0.260 e. The molecule has 0 saturated heterocycles. The number of ether oxygens (including phenoxy) is 2. The van der Waals surface area contributed by atoms with Crippen molar-refractivity contribution in [2.75, 3.05) is 4.90 Å². The van der Waals surface area contributed by atoms with Crippen molar-refractivity contribution >= 4 is 40.2 Å². The summed E-state index contributed by atoms with van der Waals surface area (Å²) in [5, 5.41) is 0. The number of hydrogen-bond acceptors (Lipinski definition) is 3. The summed E-state index contributed by atoms with van der Waals surface area (Å²) in [6, 6.07) is 47.3. The Kier molecular flexibility index (Phi) is 4.76. The minimum atomic E-state index is 0.0518. The van der Waals surface area contributed by atoms with Gasteiger partial charge in [-0.1, -0.05) is 84.9 Å². The average Bonchev–Trinajstić information content (AvgIpc) is 3.03. The number of fused-ring (bicyclic) bond motifs is 6. The fraction of sp³-hybridized carbons (Fsp3) is 0.0270. The van der Waals surface area contributed by atoms with Gasteiger partial charge in [0.05, 0.1) is 5.69 Å². The zero-order chi connectivity index (χ0) is 26.9. The van der Waals surface area contributed by atoms with Gasteiger partial charge >= 0.3 is 0 Å². The van der Waals surface area contributed by atoms with E-state index in [1.54, 1.807) is 0 Å². The van der Waals surface area contributed by atoms with E-state index in [2.05, 4.69) is 114 Å². The first kappa shape index (κ1) is 22.6. The Morgan fingerprint density at radius 1 is 0.537 bits per heavy atom. The van der Waals surface area contributed by atoms with Crippen LogP contribution < -0.4 is 30.8 Å². The largest absolute Gasteiger partial charge is 0.458 e. The number of anilines is 3. The van der Waals surface area contributed by atoms with Crippen molar-refractivity contribution in [3.8, 4) is 34.1 Å². The zero-order valence-corrected chi connectivity index (χ0v) is 22.2. The molecule has 192 valence electrons. The summed E-state index contributed by atoms with van der Waals surface area (Å²) in [5.74, 6) is 3.55. The second-order valence-electron chi connectivity index (χ2n) is 10.9. The first-order valence-electron chi connectivity index (χ1n) is 14.1. The van der Waals surface area contributed by atoms with E-state index in [1.165, 1.54) is 50.2 Å². The lowest BCUT2D eigenvalue weighted by atomic mass is 9.35. The summed E-state index contributed by atoms with van der Waals surface area (Å²) in [7, 11) is 0. The highest BCUT2D eigenvalue weighted by Crippen LogP contribution is 2.47. The molecule has 0 N–H and O–H groups in total. The summed E-state index contributed by atoms with van der Waals surface area (Å²) in [5.41, 5.74) is 12.2.